The van der Waals surface area contributed by atoms with Crippen LogP contribution in [-0.2, 0) is 15.7 Å². The van der Waals surface area contributed by atoms with E-state index in [-0.39, 0.29) is 34.8 Å². The minimum Gasteiger partial charge on any atom is -0.458 e. The quantitative estimate of drug-likeness (QED) is 0.734. The van der Waals surface area contributed by atoms with Gasteiger partial charge in [0.05, 0.1) is 29.2 Å². The fraction of sp³-hybridized carbons (Fsp3) is 0.500. The molecule has 1 aromatic heterocycles. The molecule has 3 atom stereocenters. The van der Waals surface area contributed by atoms with Gasteiger partial charge >= 0.3 is 12.1 Å². The van der Waals surface area contributed by atoms with E-state index in [0.717, 1.165) is 18.6 Å². The van der Waals surface area contributed by atoms with Gasteiger partial charge in [-0.25, -0.2) is 9.48 Å². The Morgan fingerprint density at radius 2 is 2.11 bits per heavy atom. The third-order valence-electron chi connectivity index (χ3n) is 5.87. The fourth-order valence-corrected chi connectivity index (χ4v) is 4.38. The molecular weight excluding hydrogens is 373 g/mol. The number of halogens is 3. The van der Waals surface area contributed by atoms with Crippen LogP contribution < -0.4 is 0 Å². The summed E-state index contributed by atoms with van der Waals surface area (Å²) >= 11 is 0. The first-order valence-corrected chi connectivity index (χ1v) is 9.15. The van der Waals surface area contributed by atoms with Crippen molar-refractivity contribution in [3.05, 3.63) is 47.3 Å². The minimum atomic E-state index is -4.45. The molecule has 2 fully saturated rings. The Labute approximate surface area is 160 Å². The summed E-state index contributed by atoms with van der Waals surface area (Å²) in [4.78, 5) is 12.7. The second-order valence-corrected chi connectivity index (χ2v) is 7.99. The monoisotopic (exact) mass is 394 g/mol. The maximum absolute atomic E-state index is 13.0. The summed E-state index contributed by atoms with van der Waals surface area (Å²) in [7, 11) is 0. The second kappa shape index (κ2) is 6.34. The molecule has 1 aromatic carbocycles. The van der Waals surface area contributed by atoms with Gasteiger partial charge in [-0.2, -0.15) is 18.3 Å². The third kappa shape index (κ3) is 2.90. The Hall–Kier alpha value is -2.35. The molecule has 0 amide bonds. The van der Waals surface area contributed by atoms with Crippen molar-refractivity contribution in [1.29, 1.82) is 0 Å². The lowest BCUT2D eigenvalue weighted by Crippen LogP contribution is -2.61. The molecule has 28 heavy (non-hydrogen) atoms. The van der Waals surface area contributed by atoms with Gasteiger partial charge in [-0.3, -0.25) is 0 Å². The zero-order chi connectivity index (χ0) is 20.3. The van der Waals surface area contributed by atoms with Gasteiger partial charge in [0, 0.05) is 17.9 Å². The number of hydrogen-bond acceptors (Lipinski definition) is 4. The number of nitrogens with zero attached hydrogens (tertiary/aromatic N) is 2. The first kappa shape index (κ1) is 19.0. The number of fused-ring (bicyclic) bond motifs is 1. The van der Waals surface area contributed by atoms with Gasteiger partial charge in [0.1, 0.15) is 11.7 Å². The molecule has 2 aromatic rings. The number of alkyl halides is 3. The summed E-state index contributed by atoms with van der Waals surface area (Å²) in [6.07, 6.45) is -2.40. The summed E-state index contributed by atoms with van der Waals surface area (Å²) in [5, 5.41) is 4.11. The van der Waals surface area contributed by atoms with E-state index in [4.69, 9.17) is 9.47 Å². The third-order valence-corrected chi connectivity index (χ3v) is 5.87. The van der Waals surface area contributed by atoms with Crippen LogP contribution in [-0.4, -0.2) is 34.6 Å². The Morgan fingerprint density at radius 1 is 1.36 bits per heavy atom. The van der Waals surface area contributed by atoms with Gasteiger partial charge in [0.25, 0.3) is 0 Å². The average Bonchev–Trinajstić information content (AvgIpc) is 3.24. The van der Waals surface area contributed by atoms with Crippen LogP contribution in [0, 0.1) is 18.3 Å². The van der Waals surface area contributed by atoms with Crippen molar-refractivity contribution < 1.29 is 27.4 Å². The number of esters is 1. The van der Waals surface area contributed by atoms with Crippen molar-refractivity contribution >= 4 is 5.97 Å². The van der Waals surface area contributed by atoms with Crippen molar-refractivity contribution in [3.63, 3.8) is 0 Å². The maximum atomic E-state index is 13.0. The highest BCUT2D eigenvalue weighted by Gasteiger charge is 2.61. The van der Waals surface area contributed by atoms with Crippen molar-refractivity contribution in [2.45, 2.75) is 45.6 Å². The Morgan fingerprint density at radius 3 is 2.82 bits per heavy atom. The first-order valence-electron chi connectivity index (χ1n) is 9.15. The van der Waals surface area contributed by atoms with E-state index >= 15 is 0 Å². The highest BCUT2D eigenvalue weighted by molar-refractivity contribution is 5.90. The van der Waals surface area contributed by atoms with Crippen LogP contribution in [0.15, 0.2) is 30.5 Å². The molecule has 1 aliphatic heterocycles. The highest BCUT2D eigenvalue weighted by atomic mass is 19.4. The summed E-state index contributed by atoms with van der Waals surface area (Å²) < 4.78 is 51.7. The van der Waals surface area contributed by atoms with Crippen LogP contribution >= 0.6 is 0 Å². The molecule has 1 saturated heterocycles. The lowest BCUT2D eigenvalue weighted by molar-refractivity contribution is -0.183. The molecule has 2 aliphatic rings. The van der Waals surface area contributed by atoms with E-state index < -0.39 is 17.7 Å². The van der Waals surface area contributed by atoms with Gasteiger partial charge in [-0.05, 0) is 31.5 Å². The van der Waals surface area contributed by atoms with Crippen molar-refractivity contribution in [1.82, 2.24) is 9.78 Å². The van der Waals surface area contributed by atoms with Crippen LogP contribution in [0.5, 0.6) is 0 Å². The SMILES string of the molecule is Cc1c(C(=O)OC2C3CCOC3C2(C)C)cnn1-c1cccc(C(F)(F)F)c1. The molecule has 5 nitrogen and oxygen atoms in total. The smallest absolute Gasteiger partial charge is 0.416 e. The van der Waals surface area contributed by atoms with Crippen LogP contribution in [0.1, 0.15) is 41.9 Å². The zero-order valence-corrected chi connectivity index (χ0v) is 15.8. The number of carbonyl (C=O) groups is 1. The standard InChI is InChI=1S/C20H21F3N2O3/c1-11-15(18(26)28-17-14-7-8-27-16(14)19(17,2)3)10-24-25(11)13-6-4-5-12(9-13)20(21,22)23/h4-6,9-10,14,16-17H,7-8H2,1-3H3. The summed E-state index contributed by atoms with van der Waals surface area (Å²) in [6, 6.07) is 4.83. The molecule has 1 saturated carbocycles. The molecular formula is C20H21F3N2O3. The highest BCUT2D eigenvalue weighted by Crippen LogP contribution is 2.53. The predicted molar refractivity (Wildman–Crippen MR) is 94.1 cm³/mol. The summed E-state index contributed by atoms with van der Waals surface area (Å²) in [5.74, 6) is -0.322. The maximum Gasteiger partial charge on any atom is 0.416 e. The molecule has 2 heterocycles. The second-order valence-electron chi connectivity index (χ2n) is 7.99. The molecule has 1 aliphatic carbocycles. The molecule has 0 N–H and O–H groups in total. The number of ether oxygens (including phenoxy) is 2. The van der Waals surface area contributed by atoms with Gasteiger partial charge in [0.2, 0.25) is 0 Å². The van der Waals surface area contributed by atoms with E-state index in [0.29, 0.717) is 12.3 Å². The molecule has 4 rings (SSSR count). The van der Waals surface area contributed by atoms with E-state index in [2.05, 4.69) is 5.10 Å². The topological polar surface area (TPSA) is 53.4 Å². The van der Waals surface area contributed by atoms with Gasteiger partial charge < -0.3 is 9.47 Å². The van der Waals surface area contributed by atoms with E-state index in [1.54, 1.807) is 6.92 Å². The van der Waals surface area contributed by atoms with Crippen molar-refractivity contribution in [3.8, 4) is 5.69 Å². The zero-order valence-electron chi connectivity index (χ0n) is 15.8. The molecule has 3 unspecified atom stereocenters. The Kier molecular flexibility index (Phi) is 4.30. The van der Waals surface area contributed by atoms with Crippen LogP contribution in [0.4, 0.5) is 13.2 Å². The van der Waals surface area contributed by atoms with Crippen LogP contribution in [0.25, 0.3) is 5.69 Å². The van der Waals surface area contributed by atoms with Crippen LogP contribution in [0.2, 0.25) is 0 Å². The average molecular weight is 394 g/mol. The van der Waals surface area contributed by atoms with Gasteiger partial charge in [-0.1, -0.05) is 19.9 Å². The van der Waals surface area contributed by atoms with Gasteiger partial charge in [0.15, 0.2) is 0 Å². The number of carbonyl (C=O) groups excluding carboxylic acids is 1. The molecule has 8 heteroatoms. The normalized spacial score (nSPS) is 25.9. The van der Waals surface area contributed by atoms with E-state index in [9.17, 15) is 18.0 Å². The largest absolute Gasteiger partial charge is 0.458 e. The molecule has 0 spiro atoms. The number of rotatable bonds is 3. The predicted octanol–water partition coefficient (Wildman–Crippen LogP) is 4.17. The first-order chi connectivity index (χ1) is 13.1. The Balaban J connectivity index is 1.57. The molecule has 0 radical (unpaired) electrons. The van der Waals surface area contributed by atoms with E-state index in [1.165, 1.54) is 23.0 Å². The molecule has 0 bridgehead atoms. The summed E-state index contributed by atoms with van der Waals surface area (Å²) in [6.45, 7) is 6.32. The number of hydrogen-bond donors (Lipinski definition) is 0. The van der Waals surface area contributed by atoms with Crippen LogP contribution in [0.3, 0.4) is 0 Å². The summed E-state index contributed by atoms with van der Waals surface area (Å²) in [5.41, 5.74) is -0.120. The number of benzene rings is 1. The fourth-order valence-electron chi connectivity index (χ4n) is 4.38. The minimum absolute atomic E-state index is 0.0965. The lowest BCUT2D eigenvalue weighted by Gasteiger charge is -2.53. The van der Waals surface area contributed by atoms with Crippen molar-refractivity contribution in [2.75, 3.05) is 6.61 Å². The lowest BCUT2D eigenvalue weighted by atomic mass is 9.59. The number of aromatic nitrogens is 2. The van der Waals surface area contributed by atoms with Gasteiger partial charge in [-0.15, -0.1) is 0 Å². The molecule has 150 valence electrons. The van der Waals surface area contributed by atoms with E-state index in [1.807, 2.05) is 13.8 Å². The Bertz CT molecular complexity index is 920. The van der Waals surface area contributed by atoms with Crippen molar-refractivity contribution in [2.24, 2.45) is 11.3 Å².